The molecule has 0 radical (unpaired) electrons. The van der Waals surface area contributed by atoms with Crippen LogP contribution in [0.2, 0.25) is 0 Å². The highest BCUT2D eigenvalue weighted by Gasteiger charge is 2.20. The Morgan fingerprint density at radius 3 is 2.44 bits per heavy atom. The minimum Gasteiger partial charge on any atom is -0.325 e. The highest BCUT2D eigenvalue weighted by Crippen LogP contribution is 2.18. The summed E-state index contributed by atoms with van der Waals surface area (Å²) in [6, 6.07) is 7.82. The van der Waals surface area contributed by atoms with Gasteiger partial charge in [0.1, 0.15) is 0 Å². The molecular formula is C13H18BrNO. The molecule has 0 fully saturated rings. The minimum absolute atomic E-state index is 0.0261. The zero-order valence-corrected chi connectivity index (χ0v) is 11.5. The lowest BCUT2D eigenvalue weighted by atomic mass is 10.0. The van der Waals surface area contributed by atoms with Crippen LogP contribution in [0, 0.1) is 12.8 Å². The summed E-state index contributed by atoms with van der Waals surface area (Å²) in [5, 5.41) is 2.90. The van der Waals surface area contributed by atoms with E-state index in [2.05, 4.69) is 35.1 Å². The zero-order chi connectivity index (χ0) is 12.1. The number of alkyl halides is 1. The molecule has 1 aromatic carbocycles. The van der Waals surface area contributed by atoms with Gasteiger partial charge in [-0.1, -0.05) is 53.9 Å². The maximum absolute atomic E-state index is 11.8. The standard InChI is InChI=1S/C13H18BrNO/c1-4-10(3)12(14)13(16)15-11-7-5-9(2)6-8-11/h5-8,10,12H,4H2,1-3H3,(H,15,16). The van der Waals surface area contributed by atoms with Crippen molar-refractivity contribution in [1.82, 2.24) is 0 Å². The van der Waals surface area contributed by atoms with Gasteiger partial charge < -0.3 is 5.32 Å². The van der Waals surface area contributed by atoms with E-state index < -0.39 is 0 Å². The molecule has 88 valence electrons. The Labute approximate surface area is 106 Å². The van der Waals surface area contributed by atoms with Gasteiger partial charge in [-0.25, -0.2) is 0 Å². The van der Waals surface area contributed by atoms with Crippen LogP contribution in [0.5, 0.6) is 0 Å². The SMILES string of the molecule is CCC(C)C(Br)C(=O)Nc1ccc(C)cc1. The smallest absolute Gasteiger partial charge is 0.238 e. The summed E-state index contributed by atoms with van der Waals surface area (Å²) in [4.78, 5) is 11.7. The van der Waals surface area contributed by atoms with Crippen molar-refractivity contribution >= 4 is 27.5 Å². The highest BCUT2D eigenvalue weighted by molar-refractivity contribution is 9.10. The molecule has 0 aliphatic rings. The second kappa shape index (κ2) is 6.04. The van der Waals surface area contributed by atoms with Crippen molar-refractivity contribution in [2.45, 2.75) is 32.0 Å². The summed E-state index contributed by atoms with van der Waals surface area (Å²) < 4.78 is 0. The predicted molar refractivity (Wildman–Crippen MR) is 72.0 cm³/mol. The van der Waals surface area contributed by atoms with Crippen molar-refractivity contribution in [3.8, 4) is 0 Å². The summed E-state index contributed by atoms with van der Waals surface area (Å²) in [5.41, 5.74) is 2.04. The minimum atomic E-state index is -0.126. The molecule has 2 atom stereocenters. The van der Waals surface area contributed by atoms with Gasteiger partial charge in [0.25, 0.3) is 0 Å². The van der Waals surface area contributed by atoms with E-state index in [0.29, 0.717) is 5.92 Å². The molecule has 0 spiro atoms. The number of hydrogen-bond acceptors (Lipinski definition) is 1. The molecule has 0 saturated heterocycles. The molecule has 3 heteroatoms. The molecule has 0 saturated carbocycles. The first kappa shape index (κ1) is 13.2. The van der Waals surface area contributed by atoms with Crippen LogP contribution in [0.3, 0.4) is 0 Å². The first-order chi connectivity index (χ1) is 7.54. The van der Waals surface area contributed by atoms with E-state index in [9.17, 15) is 4.79 Å². The highest BCUT2D eigenvalue weighted by atomic mass is 79.9. The van der Waals surface area contributed by atoms with Crippen molar-refractivity contribution in [2.75, 3.05) is 5.32 Å². The van der Waals surface area contributed by atoms with Gasteiger partial charge in [0.05, 0.1) is 4.83 Å². The number of rotatable bonds is 4. The summed E-state index contributed by atoms with van der Waals surface area (Å²) in [7, 11) is 0. The van der Waals surface area contributed by atoms with Crippen LogP contribution in [0.15, 0.2) is 24.3 Å². The molecule has 1 amide bonds. The third-order valence-corrected chi connectivity index (χ3v) is 4.03. The number of halogens is 1. The quantitative estimate of drug-likeness (QED) is 0.838. The number of amides is 1. The summed E-state index contributed by atoms with van der Waals surface area (Å²) in [6.07, 6.45) is 0.983. The van der Waals surface area contributed by atoms with Crippen LogP contribution in [-0.2, 0) is 4.79 Å². The van der Waals surface area contributed by atoms with E-state index >= 15 is 0 Å². The van der Waals surface area contributed by atoms with Gasteiger partial charge in [-0.05, 0) is 25.0 Å². The van der Waals surface area contributed by atoms with Gasteiger partial charge in [0.15, 0.2) is 0 Å². The monoisotopic (exact) mass is 283 g/mol. The Morgan fingerprint density at radius 2 is 1.94 bits per heavy atom. The Bertz CT molecular complexity index is 347. The fourth-order valence-corrected chi connectivity index (χ4v) is 1.80. The number of aryl methyl sites for hydroxylation is 1. The number of carbonyl (C=O) groups excluding carboxylic acids is 1. The Balaban J connectivity index is 2.60. The molecule has 1 rings (SSSR count). The van der Waals surface area contributed by atoms with Crippen LogP contribution in [0.25, 0.3) is 0 Å². The Hall–Kier alpha value is -0.830. The van der Waals surface area contributed by atoms with Gasteiger partial charge in [0.2, 0.25) is 5.91 Å². The molecule has 1 N–H and O–H groups in total. The lowest BCUT2D eigenvalue weighted by Crippen LogP contribution is -2.28. The normalized spacial score (nSPS) is 14.2. The summed E-state index contributed by atoms with van der Waals surface area (Å²) in [5.74, 6) is 0.364. The van der Waals surface area contributed by atoms with Gasteiger partial charge in [0, 0.05) is 5.69 Å². The van der Waals surface area contributed by atoms with Crippen molar-refractivity contribution in [3.63, 3.8) is 0 Å². The van der Waals surface area contributed by atoms with E-state index in [1.165, 1.54) is 5.56 Å². The third-order valence-electron chi connectivity index (χ3n) is 2.71. The molecule has 0 bridgehead atoms. The molecule has 2 unspecified atom stereocenters. The maximum atomic E-state index is 11.8. The lowest BCUT2D eigenvalue weighted by molar-refractivity contribution is -0.116. The second-order valence-corrected chi connectivity index (χ2v) is 5.13. The number of nitrogens with one attached hydrogen (secondary N) is 1. The van der Waals surface area contributed by atoms with Gasteiger partial charge in [-0.3, -0.25) is 4.79 Å². The summed E-state index contributed by atoms with van der Waals surface area (Å²) in [6.45, 7) is 6.17. The van der Waals surface area contributed by atoms with E-state index in [1.54, 1.807) is 0 Å². The molecule has 0 aliphatic carbocycles. The van der Waals surface area contributed by atoms with Crippen molar-refractivity contribution < 1.29 is 4.79 Å². The van der Waals surface area contributed by atoms with E-state index in [1.807, 2.05) is 31.2 Å². The van der Waals surface area contributed by atoms with Crippen LogP contribution >= 0.6 is 15.9 Å². The van der Waals surface area contributed by atoms with Gasteiger partial charge in [-0.15, -0.1) is 0 Å². The fourth-order valence-electron chi connectivity index (χ4n) is 1.31. The molecule has 2 nitrogen and oxygen atoms in total. The van der Waals surface area contributed by atoms with Crippen LogP contribution < -0.4 is 5.32 Å². The largest absolute Gasteiger partial charge is 0.325 e. The zero-order valence-electron chi connectivity index (χ0n) is 9.96. The maximum Gasteiger partial charge on any atom is 0.238 e. The number of hydrogen-bond donors (Lipinski definition) is 1. The van der Waals surface area contributed by atoms with Gasteiger partial charge >= 0.3 is 0 Å². The van der Waals surface area contributed by atoms with Gasteiger partial charge in [-0.2, -0.15) is 0 Å². The Morgan fingerprint density at radius 1 is 1.38 bits per heavy atom. The Kier molecular flexibility index (Phi) is 5.00. The van der Waals surface area contributed by atoms with Crippen LogP contribution in [-0.4, -0.2) is 10.7 Å². The van der Waals surface area contributed by atoms with E-state index in [-0.39, 0.29) is 10.7 Å². The van der Waals surface area contributed by atoms with E-state index in [0.717, 1.165) is 12.1 Å². The molecule has 16 heavy (non-hydrogen) atoms. The van der Waals surface area contributed by atoms with E-state index in [4.69, 9.17) is 0 Å². The lowest BCUT2D eigenvalue weighted by Gasteiger charge is -2.16. The molecule has 0 heterocycles. The van der Waals surface area contributed by atoms with Crippen molar-refractivity contribution in [3.05, 3.63) is 29.8 Å². The fraction of sp³-hybridized carbons (Fsp3) is 0.462. The second-order valence-electron chi connectivity index (χ2n) is 4.14. The number of carbonyl (C=O) groups is 1. The first-order valence-corrected chi connectivity index (χ1v) is 6.47. The molecule has 0 aliphatic heterocycles. The number of benzene rings is 1. The average Bonchev–Trinajstić information content (AvgIpc) is 2.30. The van der Waals surface area contributed by atoms with Crippen molar-refractivity contribution in [2.24, 2.45) is 5.92 Å². The molecule has 1 aromatic rings. The number of anilines is 1. The first-order valence-electron chi connectivity index (χ1n) is 5.56. The average molecular weight is 284 g/mol. The molecular weight excluding hydrogens is 266 g/mol. The topological polar surface area (TPSA) is 29.1 Å². The van der Waals surface area contributed by atoms with Crippen LogP contribution in [0.1, 0.15) is 25.8 Å². The third kappa shape index (κ3) is 3.63. The summed E-state index contributed by atoms with van der Waals surface area (Å²) >= 11 is 3.43. The predicted octanol–water partition coefficient (Wildman–Crippen LogP) is 3.74. The van der Waals surface area contributed by atoms with Crippen LogP contribution in [0.4, 0.5) is 5.69 Å². The molecule has 0 aromatic heterocycles. The van der Waals surface area contributed by atoms with Crippen molar-refractivity contribution in [1.29, 1.82) is 0 Å².